The van der Waals surface area contributed by atoms with Crippen LogP contribution in [0.5, 0.6) is 5.75 Å². The maximum Gasteiger partial charge on any atom is 0.203 e. The van der Waals surface area contributed by atoms with E-state index in [4.69, 9.17) is 14.6 Å². The molecule has 0 radical (unpaired) electrons. The zero-order valence-corrected chi connectivity index (χ0v) is 17.5. The Bertz CT molecular complexity index is 1170. The van der Waals surface area contributed by atoms with Gasteiger partial charge in [0.25, 0.3) is 0 Å². The number of fused-ring (bicyclic) bond motifs is 5. The van der Waals surface area contributed by atoms with Crippen molar-refractivity contribution >= 4 is 16.5 Å². The van der Waals surface area contributed by atoms with E-state index in [0.717, 1.165) is 30.7 Å². The second-order valence-electron chi connectivity index (χ2n) is 9.29. The summed E-state index contributed by atoms with van der Waals surface area (Å²) in [6.07, 6.45) is 2.50. The van der Waals surface area contributed by atoms with Crippen LogP contribution in [0.3, 0.4) is 0 Å². The molecule has 3 aromatic rings. The van der Waals surface area contributed by atoms with Crippen molar-refractivity contribution in [1.29, 1.82) is 0 Å². The van der Waals surface area contributed by atoms with Crippen LogP contribution in [0.25, 0.3) is 10.8 Å². The van der Waals surface area contributed by atoms with E-state index in [-0.39, 0.29) is 11.6 Å². The van der Waals surface area contributed by atoms with Crippen LogP contribution in [0.2, 0.25) is 0 Å². The van der Waals surface area contributed by atoms with Crippen molar-refractivity contribution in [2.24, 2.45) is 5.10 Å². The van der Waals surface area contributed by atoms with E-state index in [1.54, 1.807) is 0 Å². The minimum atomic E-state index is -0.459. The summed E-state index contributed by atoms with van der Waals surface area (Å²) < 4.78 is 12.7. The monoisotopic (exact) mass is 398 g/mol. The lowest BCUT2D eigenvalue weighted by atomic mass is 9.86. The number of benzene rings is 3. The van der Waals surface area contributed by atoms with E-state index in [1.165, 1.54) is 21.9 Å². The maximum absolute atomic E-state index is 6.70. The highest BCUT2D eigenvalue weighted by Crippen LogP contribution is 2.51. The molecular weight excluding hydrogens is 372 g/mol. The Balaban J connectivity index is 1.46. The SMILES string of the molecule is CC1(C)C[C@]2(CCO1)Oc1ccccc1[C@@H]1CC(c3ccc4ccccc4c3)=NN12. The summed E-state index contributed by atoms with van der Waals surface area (Å²) >= 11 is 0. The molecule has 4 nitrogen and oxygen atoms in total. The van der Waals surface area contributed by atoms with Gasteiger partial charge in [-0.15, -0.1) is 0 Å². The Morgan fingerprint density at radius 2 is 1.77 bits per heavy atom. The van der Waals surface area contributed by atoms with Crippen molar-refractivity contribution in [3.63, 3.8) is 0 Å². The number of rotatable bonds is 1. The largest absolute Gasteiger partial charge is 0.466 e. The van der Waals surface area contributed by atoms with Crippen LogP contribution in [0.4, 0.5) is 0 Å². The van der Waals surface area contributed by atoms with Gasteiger partial charge in [-0.1, -0.05) is 54.6 Å². The summed E-state index contributed by atoms with van der Waals surface area (Å²) in [5, 5.41) is 9.96. The van der Waals surface area contributed by atoms with Crippen molar-refractivity contribution in [2.45, 2.75) is 50.5 Å². The third-order valence-corrected chi connectivity index (χ3v) is 6.68. The van der Waals surface area contributed by atoms with Crippen molar-refractivity contribution < 1.29 is 9.47 Å². The van der Waals surface area contributed by atoms with E-state index in [9.17, 15) is 0 Å². The summed E-state index contributed by atoms with van der Waals surface area (Å²) in [5.74, 6) is 0.992. The Kier molecular flexibility index (Phi) is 3.79. The number of ether oxygens (including phenoxy) is 2. The molecule has 3 aliphatic rings. The molecular formula is C26H26N2O2. The Morgan fingerprint density at radius 1 is 0.967 bits per heavy atom. The van der Waals surface area contributed by atoms with Crippen molar-refractivity contribution in [2.75, 3.05) is 6.61 Å². The van der Waals surface area contributed by atoms with Crippen LogP contribution < -0.4 is 4.74 Å². The maximum atomic E-state index is 6.70. The van der Waals surface area contributed by atoms with Gasteiger partial charge in [0.05, 0.1) is 24.0 Å². The Labute approximate surface area is 177 Å². The molecule has 3 aliphatic heterocycles. The fourth-order valence-corrected chi connectivity index (χ4v) is 5.35. The van der Waals surface area contributed by atoms with Gasteiger partial charge in [-0.05, 0) is 42.3 Å². The molecule has 0 amide bonds. The van der Waals surface area contributed by atoms with Crippen LogP contribution in [0.1, 0.15) is 50.3 Å². The van der Waals surface area contributed by atoms with E-state index in [2.05, 4.69) is 85.6 Å². The third-order valence-electron chi connectivity index (χ3n) is 6.68. The first kappa shape index (κ1) is 18.0. The third kappa shape index (κ3) is 2.74. The first-order valence-electron chi connectivity index (χ1n) is 10.8. The minimum Gasteiger partial charge on any atom is -0.466 e. The summed E-state index contributed by atoms with van der Waals surface area (Å²) in [4.78, 5) is 0. The van der Waals surface area contributed by atoms with Crippen LogP contribution in [0, 0.1) is 0 Å². The fraction of sp³-hybridized carbons (Fsp3) is 0.346. The van der Waals surface area contributed by atoms with Crippen molar-refractivity contribution in [3.8, 4) is 5.75 Å². The quantitative estimate of drug-likeness (QED) is 0.530. The summed E-state index contributed by atoms with van der Waals surface area (Å²) in [7, 11) is 0. The van der Waals surface area contributed by atoms with Gasteiger partial charge in [0.15, 0.2) is 0 Å². The highest BCUT2D eigenvalue weighted by atomic mass is 16.5. The molecule has 2 atom stereocenters. The molecule has 30 heavy (non-hydrogen) atoms. The van der Waals surface area contributed by atoms with E-state index >= 15 is 0 Å². The zero-order valence-electron chi connectivity index (χ0n) is 17.5. The molecule has 0 aliphatic carbocycles. The summed E-state index contributed by atoms with van der Waals surface area (Å²) in [5.41, 5.74) is 2.86. The lowest BCUT2D eigenvalue weighted by Gasteiger charge is -2.52. The van der Waals surface area contributed by atoms with Gasteiger partial charge in [-0.25, -0.2) is 5.01 Å². The van der Waals surface area contributed by atoms with Gasteiger partial charge < -0.3 is 9.47 Å². The molecule has 1 fully saturated rings. The molecule has 0 saturated carbocycles. The van der Waals surface area contributed by atoms with Gasteiger partial charge in [-0.2, -0.15) is 5.10 Å². The minimum absolute atomic E-state index is 0.199. The molecule has 1 saturated heterocycles. The normalized spacial score (nSPS) is 26.8. The van der Waals surface area contributed by atoms with Gasteiger partial charge in [-0.3, -0.25) is 0 Å². The second kappa shape index (κ2) is 6.32. The van der Waals surface area contributed by atoms with Crippen LogP contribution in [0.15, 0.2) is 71.8 Å². The molecule has 6 rings (SSSR count). The molecule has 152 valence electrons. The molecule has 3 heterocycles. The van der Waals surface area contributed by atoms with Crippen molar-refractivity contribution in [1.82, 2.24) is 5.01 Å². The molecule has 0 N–H and O–H groups in total. The predicted octanol–water partition coefficient (Wildman–Crippen LogP) is 5.67. The summed E-state index contributed by atoms with van der Waals surface area (Å²) in [6, 6.07) is 23.8. The fourth-order valence-electron chi connectivity index (χ4n) is 5.35. The lowest BCUT2D eigenvalue weighted by molar-refractivity contribution is -0.212. The first-order valence-corrected chi connectivity index (χ1v) is 10.8. The molecule has 1 spiro atoms. The highest BCUT2D eigenvalue weighted by molar-refractivity contribution is 6.04. The number of hydrogen-bond donors (Lipinski definition) is 0. The Hall–Kier alpha value is -2.85. The van der Waals surface area contributed by atoms with Crippen LogP contribution in [-0.4, -0.2) is 28.7 Å². The lowest BCUT2D eigenvalue weighted by Crippen LogP contribution is -2.60. The molecule has 0 bridgehead atoms. The number of para-hydroxylation sites is 1. The van der Waals surface area contributed by atoms with Gasteiger partial charge >= 0.3 is 0 Å². The standard InChI is InChI=1S/C26H26N2O2/c1-25(2)17-26(13-14-29-25)28-23(21-9-5-6-10-24(21)30-26)16-22(27-28)20-12-11-18-7-3-4-8-19(18)15-20/h3-12,15,23H,13-14,16-17H2,1-2H3/t23-,26-/m0/s1. The highest BCUT2D eigenvalue weighted by Gasteiger charge is 2.54. The Morgan fingerprint density at radius 3 is 2.63 bits per heavy atom. The van der Waals surface area contributed by atoms with E-state index in [0.29, 0.717) is 6.61 Å². The molecule has 0 unspecified atom stereocenters. The average molecular weight is 399 g/mol. The van der Waals surface area contributed by atoms with Gasteiger partial charge in [0.2, 0.25) is 5.72 Å². The zero-order chi connectivity index (χ0) is 20.3. The van der Waals surface area contributed by atoms with Crippen LogP contribution >= 0.6 is 0 Å². The van der Waals surface area contributed by atoms with Crippen LogP contribution in [-0.2, 0) is 4.74 Å². The molecule has 4 heteroatoms. The molecule has 3 aromatic carbocycles. The smallest absolute Gasteiger partial charge is 0.203 e. The summed E-state index contributed by atoms with van der Waals surface area (Å²) in [6.45, 7) is 4.98. The van der Waals surface area contributed by atoms with Crippen molar-refractivity contribution in [3.05, 3.63) is 77.9 Å². The first-order chi connectivity index (χ1) is 14.5. The predicted molar refractivity (Wildman–Crippen MR) is 119 cm³/mol. The number of nitrogens with zero attached hydrogens (tertiary/aromatic N) is 2. The van der Waals surface area contributed by atoms with E-state index in [1.807, 2.05) is 0 Å². The van der Waals surface area contributed by atoms with Gasteiger partial charge in [0, 0.05) is 24.8 Å². The topological polar surface area (TPSA) is 34.1 Å². The number of hydrogen-bond acceptors (Lipinski definition) is 4. The second-order valence-corrected chi connectivity index (χ2v) is 9.29. The molecule has 0 aromatic heterocycles. The van der Waals surface area contributed by atoms with E-state index < -0.39 is 5.72 Å². The number of hydrazone groups is 1. The van der Waals surface area contributed by atoms with Gasteiger partial charge in [0.1, 0.15) is 5.75 Å². The average Bonchev–Trinajstić information content (AvgIpc) is 3.20.